The zero-order valence-electron chi connectivity index (χ0n) is 13.0. The van der Waals surface area contributed by atoms with Gasteiger partial charge in [0.05, 0.1) is 18.1 Å². The highest BCUT2D eigenvalue weighted by atomic mass is 79.9. The Hall–Kier alpha value is -2.73. The number of hydrogen-bond donors (Lipinski definition) is 2. The Morgan fingerprint density at radius 2 is 1.75 bits per heavy atom. The van der Waals surface area contributed by atoms with E-state index in [0.29, 0.717) is 5.82 Å². The number of nitrogens with one attached hydrogen (secondary N) is 2. The lowest BCUT2D eigenvalue weighted by Gasteiger charge is -2.08. The fraction of sp³-hybridized carbons (Fsp3) is 0.0556. The van der Waals surface area contributed by atoms with Crippen molar-refractivity contribution in [3.8, 4) is 0 Å². The Kier molecular flexibility index (Phi) is 4.86. The van der Waals surface area contributed by atoms with Crippen molar-refractivity contribution in [2.24, 2.45) is 0 Å². The summed E-state index contributed by atoms with van der Waals surface area (Å²) in [5.41, 5.74) is 3.00. The van der Waals surface area contributed by atoms with Gasteiger partial charge in [-0.2, -0.15) is 0 Å². The highest BCUT2D eigenvalue weighted by Crippen LogP contribution is 2.24. The summed E-state index contributed by atoms with van der Waals surface area (Å²) in [4.78, 5) is 20.6. The second-order valence-electron chi connectivity index (χ2n) is 5.21. The van der Waals surface area contributed by atoms with Gasteiger partial charge in [-0.1, -0.05) is 29.8 Å². The zero-order valence-corrected chi connectivity index (χ0v) is 14.5. The van der Waals surface area contributed by atoms with E-state index >= 15 is 0 Å². The lowest BCUT2D eigenvalue weighted by molar-refractivity contribution is 0.102. The molecular weight excluding hydrogens is 368 g/mol. The van der Waals surface area contributed by atoms with Crippen LogP contribution in [0.3, 0.4) is 0 Å². The van der Waals surface area contributed by atoms with Gasteiger partial charge in [0.25, 0.3) is 5.91 Å². The van der Waals surface area contributed by atoms with Crippen molar-refractivity contribution >= 4 is 39.0 Å². The quantitative estimate of drug-likeness (QED) is 0.694. The molecule has 0 aliphatic heterocycles. The molecule has 2 aromatic carbocycles. The van der Waals surface area contributed by atoms with Crippen LogP contribution in [0.5, 0.6) is 0 Å². The number of amides is 1. The van der Waals surface area contributed by atoms with Crippen molar-refractivity contribution in [3.63, 3.8) is 0 Å². The number of anilines is 3. The number of nitrogens with zero attached hydrogens (tertiary/aromatic N) is 2. The van der Waals surface area contributed by atoms with E-state index in [4.69, 9.17) is 0 Å². The second-order valence-corrected chi connectivity index (χ2v) is 6.07. The van der Waals surface area contributed by atoms with E-state index in [0.717, 1.165) is 21.4 Å². The maximum atomic E-state index is 12.2. The molecule has 3 rings (SSSR count). The maximum Gasteiger partial charge on any atom is 0.275 e. The molecule has 24 heavy (non-hydrogen) atoms. The molecule has 0 saturated carbocycles. The molecule has 3 aromatic rings. The molecule has 0 bridgehead atoms. The van der Waals surface area contributed by atoms with Gasteiger partial charge in [-0.05, 0) is 47.1 Å². The third-order valence-corrected chi connectivity index (χ3v) is 4.02. The number of benzene rings is 2. The lowest BCUT2D eigenvalue weighted by atomic mass is 10.2. The molecular formula is C18H15BrN4O. The number of aromatic nitrogens is 2. The molecule has 0 fully saturated rings. The topological polar surface area (TPSA) is 66.9 Å². The van der Waals surface area contributed by atoms with Gasteiger partial charge in [-0.15, -0.1) is 0 Å². The Bertz CT molecular complexity index is 848. The van der Waals surface area contributed by atoms with Crippen LogP contribution in [0.1, 0.15) is 16.1 Å². The molecule has 0 unspecified atom stereocenters. The van der Waals surface area contributed by atoms with E-state index < -0.39 is 0 Å². The molecule has 1 aromatic heterocycles. The van der Waals surface area contributed by atoms with Crippen LogP contribution in [0.4, 0.5) is 17.2 Å². The molecule has 0 saturated heterocycles. The number of aryl methyl sites for hydroxylation is 1. The number of carbonyl (C=O) groups excluding carboxylic acids is 1. The van der Waals surface area contributed by atoms with Gasteiger partial charge in [0.15, 0.2) is 0 Å². The molecule has 1 amide bonds. The number of rotatable bonds is 4. The SMILES string of the molecule is Cc1ccc(NC(=O)c2cnc(Nc3ccccc3Br)cn2)cc1. The first-order valence-electron chi connectivity index (χ1n) is 7.33. The Morgan fingerprint density at radius 1 is 1.00 bits per heavy atom. The van der Waals surface area contributed by atoms with Crippen molar-refractivity contribution in [2.45, 2.75) is 6.92 Å². The predicted octanol–water partition coefficient (Wildman–Crippen LogP) is 4.54. The average molecular weight is 383 g/mol. The first-order valence-corrected chi connectivity index (χ1v) is 8.13. The van der Waals surface area contributed by atoms with Crippen LogP contribution in [0.15, 0.2) is 65.4 Å². The van der Waals surface area contributed by atoms with Crippen molar-refractivity contribution in [2.75, 3.05) is 10.6 Å². The van der Waals surface area contributed by atoms with Gasteiger partial charge in [-0.3, -0.25) is 4.79 Å². The van der Waals surface area contributed by atoms with Crippen LogP contribution < -0.4 is 10.6 Å². The monoisotopic (exact) mass is 382 g/mol. The maximum absolute atomic E-state index is 12.2. The van der Waals surface area contributed by atoms with Gasteiger partial charge < -0.3 is 10.6 Å². The summed E-state index contributed by atoms with van der Waals surface area (Å²) in [6, 6.07) is 15.3. The normalized spacial score (nSPS) is 10.2. The fourth-order valence-corrected chi connectivity index (χ4v) is 2.43. The molecule has 6 heteroatoms. The van der Waals surface area contributed by atoms with E-state index in [1.807, 2.05) is 55.5 Å². The molecule has 5 nitrogen and oxygen atoms in total. The molecule has 0 radical (unpaired) electrons. The minimum absolute atomic E-state index is 0.258. The van der Waals surface area contributed by atoms with Crippen molar-refractivity contribution in [3.05, 3.63) is 76.7 Å². The molecule has 1 heterocycles. The zero-order chi connectivity index (χ0) is 16.9. The van der Waals surface area contributed by atoms with E-state index in [1.165, 1.54) is 12.4 Å². The molecule has 120 valence electrons. The van der Waals surface area contributed by atoms with Gasteiger partial charge in [0.1, 0.15) is 11.5 Å². The van der Waals surface area contributed by atoms with Crippen LogP contribution in [0.25, 0.3) is 0 Å². The number of carbonyl (C=O) groups is 1. The van der Waals surface area contributed by atoms with Crippen molar-refractivity contribution in [1.29, 1.82) is 0 Å². The van der Waals surface area contributed by atoms with E-state index in [1.54, 1.807) is 0 Å². The molecule has 0 atom stereocenters. The van der Waals surface area contributed by atoms with Crippen molar-refractivity contribution in [1.82, 2.24) is 9.97 Å². The Labute approximate surface area is 148 Å². The standard InChI is InChI=1S/C18H15BrN4O/c1-12-6-8-13(9-7-12)22-18(24)16-10-21-17(11-20-16)23-15-5-3-2-4-14(15)19/h2-11H,1H3,(H,21,23)(H,22,24). The summed E-state index contributed by atoms with van der Waals surface area (Å²) in [7, 11) is 0. The Balaban J connectivity index is 1.68. The predicted molar refractivity (Wildman–Crippen MR) is 98.6 cm³/mol. The molecule has 0 aliphatic rings. The van der Waals surface area contributed by atoms with E-state index in [-0.39, 0.29) is 11.6 Å². The minimum Gasteiger partial charge on any atom is -0.338 e. The summed E-state index contributed by atoms with van der Waals surface area (Å²) in [6.07, 6.45) is 2.98. The summed E-state index contributed by atoms with van der Waals surface area (Å²) in [5.74, 6) is 0.271. The highest BCUT2D eigenvalue weighted by molar-refractivity contribution is 9.10. The average Bonchev–Trinajstić information content (AvgIpc) is 2.59. The highest BCUT2D eigenvalue weighted by Gasteiger charge is 2.09. The summed E-state index contributed by atoms with van der Waals surface area (Å²) in [6.45, 7) is 1.99. The van der Waals surface area contributed by atoms with Crippen LogP contribution >= 0.6 is 15.9 Å². The van der Waals surface area contributed by atoms with Gasteiger partial charge in [-0.25, -0.2) is 9.97 Å². The van der Waals surface area contributed by atoms with Crippen LogP contribution in [0.2, 0.25) is 0 Å². The number of hydrogen-bond acceptors (Lipinski definition) is 4. The first kappa shape index (κ1) is 16.1. The Morgan fingerprint density at radius 3 is 2.42 bits per heavy atom. The lowest BCUT2D eigenvalue weighted by Crippen LogP contribution is -2.14. The molecule has 0 spiro atoms. The smallest absolute Gasteiger partial charge is 0.275 e. The summed E-state index contributed by atoms with van der Waals surface area (Å²) >= 11 is 3.46. The van der Waals surface area contributed by atoms with Crippen LogP contribution in [0, 0.1) is 6.92 Å². The summed E-state index contributed by atoms with van der Waals surface area (Å²) < 4.78 is 0.924. The minimum atomic E-state index is -0.293. The molecule has 2 N–H and O–H groups in total. The first-order chi connectivity index (χ1) is 11.6. The van der Waals surface area contributed by atoms with Gasteiger partial charge in [0.2, 0.25) is 0 Å². The van der Waals surface area contributed by atoms with Crippen LogP contribution in [-0.2, 0) is 0 Å². The van der Waals surface area contributed by atoms with E-state index in [9.17, 15) is 4.79 Å². The third kappa shape index (κ3) is 3.97. The summed E-state index contributed by atoms with van der Waals surface area (Å²) in [5, 5.41) is 5.94. The van der Waals surface area contributed by atoms with Gasteiger partial charge in [0, 0.05) is 10.2 Å². The van der Waals surface area contributed by atoms with Crippen LogP contribution in [-0.4, -0.2) is 15.9 Å². The van der Waals surface area contributed by atoms with Crippen molar-refractivity contribution < 1.29 is 4.79 Å². The third-order valence-electron chi connectivity index (χ3n) is 3.33. The largest absolute Gasteiger partial charge is 0.338 e. The second kappa shape index (κ2) is 7.23. The fourth-order valence-electron chi connectivity index (χ4n) is 2.04. The van der Waals surface area contributed by atoms with Gasteiger partial charge >= 0.3 is 0 Å². The molecule has 0 aliphatic carbocycles. The number of para-hydroxylation sites is 1. The van der Waals surface area contributed by atoms with E-state index in [2.05, 4.69) is 36.5 Å². The number of halogens is 1.